The van der Waals surface area contributed by atoms with Gasteiger partial charge < -0.3 is 14.1 Å². The van der Waals surface area contributed by atoms with Crippen molar-refractivity contribution in [2.24, 2.45) is 0 Å². The van der Waals surface area contributed by atoms with Gasteiger partial charge in [-0.15, -0.1) is 11.3 Å². The predicted octanol–water partition coefficient (Wildman–Crippen LogP) is 3.57. The standard InChI is InChI=1S/C19H15N3O4S/c1-11-6-16(23)17(8-25-11)26-9-18(24)22-19-21-15(10-27-19)13-7-20-14-5-3-2-4-12(13)14/h2-8,10,20H,9H2,1H3,(H,21,22,24). The van der Waals surface area contributed by atoms with E-state index < -0.39 is 5.91 Å². The number of aryl methyl sites for hydroxylation is 1. The van der Waals surface area contributed by atoms with Crippen LogP contribution in [-0.2, 0) is 4.79 Å². The zero-order valence-corrected chi connectivity index (χ0v) is 15.1. The number of hydrogen-bond donors (Lipinski definition) is 2. The Morgan fingerprint density at radius 1 is 1.37 bits per heavy atom. The quantitative estimate of drug-likeness (QED) is 0.551. The summed E-state index contributed by atoms with van der Waals surface area (Å²) in [5.41, 5.74) is 2.43. The van der Waals surface area contributed by atoms with E-state index in [2.05, 4.69) is 15.3 Å². The lowest BCUT2D eigenvalue weighted by molar-refractivity contribution is -0.118. The number of hydrogen-bond acceptors (Lipinski definition) is 6. The second-order valence-corrected chi connectivity index (χ2v) is 6.70. The maximum absolute atomic E-state index is 12.1. The number of carbonyl (C=O) groups is 1. The number of aromatic amines is 1. The highest BCUT2D eigenvalue weighted by Gasteiger charge is 2.12. The van der Waals surface area contributed by atoms with Gasteiger partial charge in [0.1, 0.15) is 12.0 Å². The van der Waals surface area contributed by atoms with Crippen LogP contribution in [0, 0.1) is 6.92 Å². The molecule has 1 aromatic carbocycles. The summed E-state index contributed by atoms with van der Waals surface area (Å²) in [7, 11) is 0. The molecule has 0 saturated heterocycles. The van der Waals surface area contributed by atoms with Gasteiger partial charge in [-0.2, -0.15) is 0 Å². The lowest BCUT2D eigenvalue weighted by atomic mass is 10.1. The van der Waals surface area contributed by atoms with Crippen LogP contribution in [0.5, 0.6) is 5.75 Å². The van der Waals surface area contributed by atoms with Gasteiger partial charge in [0, 0.05) is 34.1 Å². The molecule has 0 atom stereocenters. The Morgan fingerprint density at radius 2 is 2.22 bits per heavy atom. The van der Waals surface area contributed by atoms with Crippen LogP contribution in [0.25, 0.3) is 22.2 Å². The number of H-pyrrole nitrogens is 1. The van der Waals surface area contributed by atoms with Gasteiger partial charge in [-0.1, -0.05) is 18.2 Å². The SMILES string of the molecule is Cc1cc(=O)c(OCC(=O)Nc2nc(-c3c[nH]c4ccccc34)cs2)co1. The summed E-state index contributed by atoms with van der Waals surface area (Å²) in [6, 6.07) is 9.24. The first kappa shape index (κ1) is 17.0. The third-order valence-electron chi connectivity index (χ3n) is 3.90. The van der Waals surface area contributed by atoms with Crippen LogP contribution < -0.4 is 15.5 Å². The normalized spacial score (nSPS) is 10.9. The number of thiazole rings is 1. The van der Waals surface area contributed by atoms with Crippen LogP contribution in [0.1, 0.15) is 5.76 Å². The molecule has 0 bridgehead atoms. The van der Waals surface area contributed by atoms with Crippen molar-refractivity contribution in [3.8, 4) is 17.0 Å². The van der Waals surface area contributed by atoms with Gasteiger partial charge in [0.15, 0.2) is 11.7 Å². The van der Waals surface area contributed by atoms with E-state index in [4.69, 9.17) is 9.15 Å². The zero-order valence-electron chi connectivity index (χ0n) is 14.3. The highest BCUT2D eigenvalue weighted by molar-refractivity contribution is 7.14. The number of aromatic nitrogens is 2. The Balaban J connectivity index is 1.43. The molecule has 2 N–H and O–H groups in total. The maximum atomic E-state index is 12.1. The second-order valence-electron chi connectivity index (χ2n) is 5.84. The fraction of sp³-hybridized carbons (Fsp3) is 0.105. The van der Waals surface area contributed by atoms with Crippen molar-refractivity contribution in [3.05, 3.63) is 64.2 Å². The van der Waals surface area contributed by atoms with E-state index in [1.54, 1.807) is 6.92 Å². The number of amides is 1. The smallest absolute Gasteiger partial charge is 0.264 e. The van der Waals surface area contributed by atoms with E-state index in [1.165, 1.54) is 23.7 Å². The van der Waals surface area contributed by atoms with Gasteiger partial charge in [0.25, 0.3) is 5.91 Å². The average Bonchev–Trinajstić information content (AvgIpc) is 3.27. The molecule has 27 heavy (non-hydrogen) atoms. The molecule has 4 rings (SSSR count). The van der Waals surface area contributed by atoms with E-state index in [9.17, 15) is 9.59 Å². The molecule has 0 unspecified atom stereocenters. The predicted molar refractivity (Wildman–Crippen MR) is 103 cm³/mol. The van der Waals surface area contributed by atoms with Gasteiger partial charge in [-0.3, -0.25) is 14.9 Å². The molecule has 4 aromatic rings. The van der Waals surface area contributed by atoms with E-state index >= 15 is 0 Å². The van der Waals surface area contributed by atoms with Crippen LogP contribution >= 0.6 is 11.3 Å². The Kier molecular flexibility index (Phi) is 4.47. The molecule has 3 aromatic heterocycles. The van der Waals surface area contributed by atoms with Crippen molar-refractivity contribution in [2.75, 3.05) is 11.9 Å². The molecule has 0 aliphatic rings. The van der Waals surface area contributed by atoms with E-state index in [0.717, 1.165) is 22.2 Å². The van der Waals surface area contributed by atoms with Gasteiger partial charge >= 0.3 is 0 Å². The van der Waals surface area contributed by atoms with Crippen molar-refractivity contribution in [1.82, 2.24) is 9.97 Å². The molecule has 0 saturated carbocycles. The first-order valence-corrected chi connectivity index (χ1v) is 9.02. The fourth-order valence-corrected chi connectivity index (χ4v) is 3.36. The zero-order chi connectivity index (χ0) is 18.8. The number of ether oxygens (including phenoxy) is 1. The number of benzene rings is 1. The van der Waals surface area contributed by atoms with Crippen LogP contribution in [0.2, 0.25) is 0 Å². The summed E-state index contributed by atoms with van der Waals surface area (Å²) in [5, 5.41) is 6.07. The third-order valence-corrected chi connectivity index (χ3v) is 4.66. The molecular weight excluding hydrogens is 366 g/mol. The summed E-state index contributed by atoms with van der Waals surface area (Å²) >= 11 is 1.32. The van der Waals surface area contributed by atoms with Crippen LogP contribution in [-0.4, -0.2) is 22.5 Å². The Bertz CT molecular complexity index is 1170. The summed E-state index contributed by atoms with van der Waals surface area (Å²) in [6.45, 7) is 1.35. The molecule has 136 valence electrons. The minimum atomic E-state index is -0.408. The number of nitrogens with zero attached hydrogens (tertiary/aromatic N) is 1. The van der Waals surface area contributed by atoms with Gasteiger partial charge in [-0.25, -0.2) is 4.98 Å². The molecular formula is C19H15N3O4S. The molecule has 0 spiro atoms. The van der Waals surface area contributed by atoms with Crippen LogP contribution in [0.15, 0.2) is 57.4 Å². The summed E-state index contributed by atoms with van der Waals surface area (Å²) in [6.07, 6.45) is 3.09. The van der Waals surface area contributed by atoms with Crippen molar-refractivity contribution in [2.45, 2.75) is 6.92 Å². The number of nitrogens with one attached hydrogen (secondary N) is 2. The van der Waals surface area contributed by atoms with Crippen molar-refractivity contribution < 1.29 is 13.9 Å². The first-order valence-electron chi connectivity index (χ1n) is 8.14. The van der Waals surface area contributed by atoms with Crippen molar-refractivity contribution in [1.29, 1.82) is 0 Å². The highest BCUT2D eigenvalue weighted by atomic mass is 32.1. The average molecular weight is 381 g/mol. The number of carbonyl (C=O) groups excluding carboxylic acids is 1. The number of rotatable bonds is 5. The largest absolute Gasteiger partial charge is 0.477 e. The fourth-order valence-electron chi connectivity index (χ4n) is 2.64. The molecule has 0 radical (unpaired) electrons. The van der Waals surface area contributed by atoms with E-state index in [-0.39, 0.29) is 17.8 Å². The third kappa shape index (κ3) is 3.61. The summed E-state index contributed by atoms with van der Waals surface area (Å²) < 4.78 is 10.3. The molecule has 7 nitrogen and oxygen atoms in total. The van der Waals surface area contributed by atoms with Crippen LogP contribution in [0.3, 0.4) is 0 Å². The highest BCUT2D eigenvalue weighted by Crippen LogP contribution is 2.30. The molecule has 0 fully saturated rings. The number of fused-ring (bicyclic) bond motifs is 1. The minimum absolute atomic E-state index is 0.00521. The molecule has 0 aliphatic carbocycles. The topological polar surface area (TPSA) is 97.2 Å². The molecule has 3 heterocycles. The number of anilines is 1. The molecule has 8 heteroatoms. The number of para-hydroxylation sites is 1. The Labute approximate surface area is 157 Å². The Hall–Kier alpha value is -3.39. The van der Waals surface area contributed by atoms with Gasteiger partial charge in [-0.05, 0) is 13.0 Å². The van der Waals surface area contributed by atoms with Crippen molar-refractivity contribution in [3.63, 3.8) is 0 Å². The summed E-state index contributed by atoms with van der Waals surface area (Å²) in [5.74, 6) is 0.0635. The molecule has 0 aliphatic heterocycles. The van der Waals surface area contributed by atoms with E-state index in [0.29, 0.717) is 10.9 Å². The van der Waals surface area contributed by atoms with E-state index in [1.807, 2.05) is 35.8 Å². The first-order chi connectivity index (χ1) is 13.1. The monoisotopic (exact) mass is 381 g/mol. The van der Waals surface area contributed by atoms with Crippen molar-refractivity contribution >= 4 is 33.3 Å². The Morgan fingerprint density at radius 3 is 3.07 bits per heavy atom. The lowest BCUT2D eigenvalue weighted by Gasteiger charge is -2.04. The summed E-state index contributed by atoms with van der Waals surface area (Å²) in [4.78, 5) is 31.4. The maximum Gasteiger partial charge on any atom is 0.264 e. The second kappa shape index (κ2) is 7.08. The van der Waals surface area contributed by atoms with Gasteiger partial charge in [0.2, 0.25) is 11.2 Å². The lowest BCUT2D eigenvalue weighted by Crippen LogP contribution is -2.22. The molecule has 1 amide bonds. The van der Waals surface area contributed by atoms with Crippen LogP contribution in [0.4, 0.5) is 5.13 Å². The minimum Gasteiger partial charge on any atom is -0.477 e. The van der Waals surface area contributed by atoms with Gasteiger partial charge in [0.05, 0.1) is 5.69 Å².